The standard InChI is InChI=1S/C25H27N6O.Na/c1-2-3-10-22-26-25(15-6-7-16-25)24(32)31(22)17-18-11-13-19(14-12-18)20-8-4-5-9-21(20)23-27-29-30-28-23;/h4-5,8-9,11-14H,2-3,6-7,10,15-17H2,1H3;/q-1;+1. The van der Waals surface area contributed by atoms with Gasteiger partial charge in [-0.05, 0) is 41.5 Å². The minimum Gasteiger partial charge on any atom is -0.330 e. The number of unbranched alkanes of at least 4 members (excludes halogenated alkanes) is 1. The van der Waals surface area contributed by atoms with Crippen molar-refractivity contribution < 1.29 is 34.4 Å². The Morgan fingerprint density at radius 2 is 1.76 bits per heavy atom. The first-order valence-corrected chi connectivity index (χ1v) is 11.5. The Kier molecular flexibility index (Phi) is 7.41. The third-order valence-corrected chi connectivity index (χ3v) is 6.58. The van der Waals surface area contributed by atoms with Crippen molar-refractivity contribution in [2.45, 2.75) is 64.0 Å². The van der Waals surface area contributed by atoms with Crippen LogP contribution in [0.4, 0.5) is 0 Å². The molecule has 2 aliphatic rings. The normalized spacial score (nSPS) is 16.8. The van der Waals surface area contributed by atoms with Crippen LogP contribution in [0, 0.1) is 0 Å². The van der Waals surface area contributed by atoms with Gasteiger partial charge in [0.15, 0.2) is 0 Å². The van der Waals surface area contributed by atoms with Crippen LogP contribution in [-0.4, -0.2) is 37.7 Å². The molecule has 7 nitrogen and oxygen atoms in total. The van der Waals surface area contributed by atoms with Crippen LogP contribution in [0.3, 0.4) is 0 Å². The van der Waals surface area contributed by atoms with E-state index in [0.29, 0.717) is 12.4 Å². The average Bonchev–Trinajstić information content (AvgIpc) is 3.58. The Bertz CT molecular complexity index is 1120. The summed E-state index contributed by atoms with van der Waals surface area (Å²) < 4.78 is 0. The first-order valence-electron chi connectivity index (χ1n) is 11.5. The van der Waals surface area contributed by atoms with Gasteiger partial charge in [0, 0.05) is 12.2 Å². The fraction of sp³-hybridized carbons (Fsp3) is 0.400. The van der Waals surface area contributed by atoms with Crippen molar-refractivity contribution >= 4 is 11.7 Å². The largest absolute Gasteiger partial charge is 1.00 e. The second-order valence-corrected chi connectivity index (χ2v) is 8.71. The van der Waals surface area contributed by atoms with Gasteiger partial charge in [-0.1, -0.05) is 74.7 Å². The molecule has 5 rings (SSSR count). The number of nitrogens with zero attached hydrogens (tertiary/aromatic N) is 6. The predicted octanol–water partition coefficient (Wildman–Crippen LogP) is 1.41. The molecule has 0 saturated heterocycles. The number of benzene rings is 2. The van der Waals surface area contributed by atoms with E-state index in [9.17, 15) is 4.79 Å². The number of hydrogen-bond donors (Lipinski definition) is 0. The van der Waals surface area contributed by atoms with Crippen LogP contribution in [0.2, 0.25) is 0 Å². The molecule has 1 spiro atoms. The zero-order valence-electron chi connectivity index (χ0n) is 19.4. The van der Waals surface area contributed by atoms with Crippen LogP contribution >= 0.6 is 0 Å². The maximum atomic E-state index is 13.4. The first kappa shape index (κ1) is 23.8. The number of aliphatic imine (C=N–C) groups is 1. The number of carbonyl (C=O) groups is 1. The number of hydrogen-bond acceptors (Lipinski definition) is 5. The molecule has 1 aliphatic carbocycles. The SMILES string of the molecule is CCCCC1=NC2(CCCC2)C(=O)N1Cc1ccc(-c2ccccc2-c2nnn[n-]2)cc1.[Na+]. The predicted molar refractivity (Wildman–Crippen MR) is 123 cm³/mol. The van der Waals surface area contributed by atoms with Crippen molar-refractivity contribution in [3.05, 3.63) is 54.1 Å². The van der Waals surface area contributed by atoms with Crippen molar-refractivity contribution in [3.63, 3.8) is 0 Å². The summed E-state index contributed by atoms with van der Waals surface area (Å²) in [7, 11) is 0. The maximum Gasteiger partial charge on any atom is 1.00 e. The average molecular weight is 451 g/mol. The van der Waals surface area contributed by atoms with Crippen molar-refractivity contribution in [2.24, 2.45) is 4.99 Å². The van der Waals surface area contributed by atoms with Crippen LogP contribution in [0.1, 0.15) is 57.4 Å². The van der Waals surface area contributed by atoms with Crippen LogP contribution in [0.25, 0.3) is 22.5 Å². The number of amides is 1. The minimum absolute atomic E-state index is 0. The van der Waals surface area contributed by atoms with Gasteiger partial charge in [-0.15, -0.1) is 0 Å². The topological polar surface area (TPSA) is 85.4 Å². The number of carbonyl (C=O) groups excluding carboxylic acids is 1. The van der Waals surface area contributed by atoms with E-state index in [1.165, 1.54) is 0 Å². The summed E-state index contributed by atoms with van der Waals surface area (Å²) in [6.45, 7) is 2.75. The van der Waals surface area contributed by atoms with E-state index >= 15 is 0 Å². The zero-order valence-corrected chi connectivity index (χ0v) is 21.4. The van der Waals surface area contributed by atoms with Crippen molar-refractivity contribution in [3.8, 4) is 22.5 Å². The van der Waals surface area contributed by atoms with Gasteiger partial charge in [0.1, 0.15) is 11.4 Å². The Hall–Kier alpha value is -2.35. The van der Waals surface area contributed by atoms with E-state index in [-0.39, 0.29) is 35.5 Å². The Morgan fingerprint density at radius 3 is 2.42 bits per heavy atom. The number of amidine groups is 1. The van der Waals surface area contributed by atoms with Gasteiger partial charge < -0.3 is 5.10 Å². The fourth-order valence-corrected chi connectivity index (χ4v) is 4.85. The van der Waals surface area contributed by atoms with Crippen LogP contribution in [0.15, 0.2) is 53.5 Å². The van der Waals surface area contributed by atoms with Crippen LogP contribution in [0.5, 0.6) is 0 Å². The summed E-state index contributed by atoms with van der Waals surface area (Å²) >= 11 is 0. The molecule has 0 unspecified atom stereocenters. The summed E-state index contributed by atoms with van der Waals surface area (Å²) in [5, 5.41) is 15.2. The Balaban J connectivity index is 0.00000259. The molecule has 8 heteroatoms. The molecular weight excluding hydrogens is 423 g/mol. The number of rotatable bonds is 7. The van der Waals surface area contributed by atoms with Gasteiger partial charge in [0.25, 0.3) is 5.91 Å². The molecule has 1 aromatic heterocycles. The third-order valence-electron chi connectivity index (χ3n) is 6.58. The summed E-state index contributed by atoms with van der Waals surface area (Å²) in [4.78, 5) is 20.3. The summed E-state index contributed by atoms with van der Waals surface area (Å²) in [5.74, 6) is 1.69. The molecule has 1 amide bonds. The molecule has 0 N–H and O–H groups in total. The fourth-order valence-electron chi connectivity index (χ4n) is 4.85. The molecule has 164 valence electrons. The Labute approximate surface area is 216 Å². The second-order valence-electron chi connectivity index (χ2n) is 8.71. The molecule has 2 heterocycles. The molecule has 0 atom stereocenters. The van der Waals surface area contributed by atoms with Gasteiger partial charge in [0.2, 0.25) is 0 Å². The molecule has 2 aromatic carbocycles. The van der Waals surface area contributed by atoms with Gasteiger partial charge in [-0.25, -0.2) is 0 Å². The van der Waals surface area contributed by atoms with Crippen molar-refractivity contribution in [1.82, 2.24) is 25.5 Å². The van der Waals surface area contributed by atoms with Gasteiger partial charge in [0.05, 0.1) is 6.54 Å². The quantitative estimate of drug-likeness (QED) is 0.508. The van der Waals surface area contributed by atoms with E-state index in [1.807, 2.05) is 29.2 Å². The molecule has 0 radical (unpaired) electrons. The van der Waals surface area contributed by atoms with E-state index in [2.05, 4.69) is 51.8 Å². The van der Waals surface area contributed by atoms with Crippen LogP contribution < -0.4 is 34.7 Å². The molecule has 1 saturated carbocycles. The molecule has 33 heavy (non-hydrogen) atoms. The Morgan fingerprint density at radius 1 is 1.03 bits per heavy atom. The minimum atomic E-state index is -0.483. The van der Waals surface area contributed by atoms with Crippen molar-refractivity contribution in [1.29, 1.82) is 0 Å². The maximum absolute atomic E-state index is 13.4. The smallest absolute Gasteiger partial charge is 0.330 e. The van der Waals surface area contributed by atoms with Gasteiger partial charge >= 0.3 is 29.6 Å². The van der Waals surface area contributed by atoms with Crippen LogP contribution in [-0.2, 0) is 11.3 Å². The van der Waals surface area contributed by atoms with E-state index in [1.54, 1.807) is 0 Å². The van der Waals surface area contributed by atoms with Gasteiger partial charge in [-0.2, -0.15) is 5.21 Å². The summed E-state index contributed by atoms with van der Waals surface area (Å²) in [6, 6.07) is 16.3. The van der Waals surface area contributed by atoms with Crippen molar-refractivity contribution in [2.75, 3.05) is 0 Å². The summed E-state index contributed by atoms with van der Waals surface area (Å²) in [6.07, 6.45) is 6.99. The van der Waals surface area contributed by atoms with E-state index < -0.39 is 5.54 Å². The first-order chi connectivity index (χ1) is 15.7. The molecule has 3 aromatic rings. The third kappa shape index (κ3) is 4.67. The number of tetrazole rings is 1. The second kappa shape index (κ2) is 10.3. The summed E-state index contributed by atoms with van der Waals surface area (Å²) in [5.41, 5.74) is 3.61. The molecule has 1 fully saturated rings. The molecular formula is C25H27N6NaO. The van der Waals surface area contributed by atoms with E-state index in [4.69, 9.17) is 4.99 Å². The number of aromatic nitrogens is 4. The molecule has 0 bridgehead atoms. The van der Waals surface area contributed by atoms with Gasteiger partial charge in [-0.3, -0.25) is 25.0 Å². The van der Waals surface area contributed by atoms with E-state index in [0.717, 1.165) is 73.0 Å². The zero-order chi connectivity index (χ0) is 22.0. The monoisotopic (exact) mass is 450 g/mol. The molecule has 1 aliphatic heterocycles.